The molecular weight excluding hydrogens is 328 g/mol. The van der Waals surface area contributed by atoms with Gasteiger partial charge >= 0.3 is 0 Å². The molecule has 2 rings (SSSR count). The van der Waals surface area contributed by atoms with Gasteiger partial charge in [-0.1, -0.05) is 41.9 Å². The second-order valence-corrected chi connectivity index (χ2v) is 7.56. The Morgan fingerprint density at radius 3 is 2.86 bits per heavy atom. The molecule has 0 amide bonds. The topological polar surface area (TPSA) is 24.5 Å². The highest BCUT2D eigenvalue weighted by Crippen LogP contribution is 2.29. The highest BCUT2D eigenvalue weighted by Gasteiger charge is 2.35. The Morgan fingerprint density at radius 1 is 1.43 bits per heavy atom. The van der Waals surface area contributed by atoms with Gasteiger partial charge in [-0.2, -0.15) is 0 Å². The number of nitrogens with zero attached hydrogens (tertiary/aromatic N) is 1. The molecule has 1 N–H and O–H groups in total. The van der Waals surface area contributed by atoms with Gasteiger partial charge in [-0.25, -0.2) is 0 Å². The number of rotatable bonds is 7. The van der Waals surface area contributed by atoms with Crippen molar-refractivity contribution in [2.75, 3.05) is 33.4 Å². The molecular formula is C17H27BrN2O. The van der Waals surface area contributed by atoms with Gasteiger partial charge in [-0.05, 0) is 31.2 Å². The van der Waals surface area contributed by atoms with E-state index in [1.807, 2.05) is 0 Å². The fraction of sp³-hybridized carbons (Fsp3) is 0.647. The van der Waals surface area contributed by atoms with E-state index in [0.29, 0.717) is 6.04 Å². The summed E-state index contributed by atoms with van der Waals surface area (Å²) in [7, 11) is 2.20. The maximum Gasteiger partial charge on any atom is 0.0547 e. The van der Waals surface area contributed by atoms with Crippen LogP contribution in [0.15, 0.2) is 28.7 Å². The number of ether oxygens (including phenoxy) is 1. The van der Waals surface area contributed by atoms with Crippen molar-refractivity contribution in [3.05, 3.63) is 34.3 Å². The first-order chi connectivity index (χ1) is 9.99. The third kappa shape index (κ3) is 5.37. The van der Waals surface area contributed by atoms with E-state index in [1.54, 1.807) is 0 Å². The van der Waals surface area contributed by atoms with Crippen LogP contribution in [0.2, 0.25) is 0 Å². The fourth-order valence-electron chi connectivity index (χ4n) is 2.97. The summed E-state index contributed by atoms with van der Waals surface area (Å²) in [6.07, 6.45) is 1.15. The van der Waals surface area contributed by atoms with E-state index in [1.165, 1.54) is 5.56 Å². The van der Waals surface area contributed by atoms with Crippen molar-refractivity contribution in [3.63, 3.8) is 0 Å². The molecule has 21 heavy (non-hydrogen) atoms. The van der Waals surface area contributed by atoms with Crippen LogP contribution in [0.1, 0.15) is 25.8 Å². The molecule has 1 aromatic carbocycles. The zero-order valence-corrected chi connectivity index (χ0v) is 14.9. The minimum absolute atomic E-state index is 0.255. The summed E-state index contributed by atoms with van der Waals surface area (Å²) < 4.78 is 6.84. The quantitative estimate of drug-likeness (QED) is 0.812. The normalized spacial score (nSPS) is 22.4. The summed E-state index contributed by atoms with van der Waals surface area (Å²) in [5.74, 6) is 0. The third-order valence-corrected chi connectivity index (χ3v) is 4.51. The van der Waals surface area contributed by atoms with E-state index >= 15 is 0 Å². The van der Waals surface area contributed by atoms with Gasteiger partial charge in [0.25, 0.3) is 0 Å². The molecule has 0 aromatic heterocycles. The molecule has 4 heteroatoms. The van der Waals surface area contributed by atoms with Crippen LogP contribution in [0.4, 0.5) is 0 Å². The van der Waals surface area contributed by atoms with Crippen LogP contribution in [0.25, 0.3) is 0 Å². The van der Waals surface area contributed by atoms with Gasteiger partial charge in [0.15, 0.2) is 0 Å². The lowest BCUT2D eigenvalue weighted by atomic mass is 9.86. The lowest BCUT2D eigenvalue weighted by Crippen LogP contribution is -2.45. The maximum absolute atomic E-state index is 5.69. The zero-order valence-electron chi connectivity index (χ0n) is 13.4. The number of benzene rings is 1. The second kappa shape index (κ2) is 7.73. The van der Waals surface area contributed by atoms with Gasteiger partial charge in [0.05, 0.1) is 6.61 Å². The van der Waals surface area contributed by atoms with Crippen molar-refractivity contribution in [2.24, 2.45) is 5.41 Å². The van der Waals surface area contributed by atoms with Crippen molar-refractivity contribution in [2.45, 2.75) is 32.9 Å². The molecule has 1 saturated heterocycles. The van der Waals surface area contributed by atoms with Crippen molar-refractivity contribution < 1.29 is 4.74 Å². The molecule has 1 aromatic rings. The van der Waals surface area contributed by atoms with Crippen LogP contribution in [-0.2, 0) is 11.3 Å². The molecule has 1 unspecified atom stereocenters. The van der Waals surface area contributed by atoms with Crippen molar-refractivity contribution in [1.29, 1.82) is 0 Å². The molecule has 0 bridgehead atoms. The lowest BCUT2D eigenvalue weighted by Gasteiger charge is -2.33. The monoisotopic (exact) mass is 354 g/mol. The molecule has 1 aliphatic heterocycles. The van der Waals surface area contributed by atoms with Crippen molar-refractivity contribution in [1.82, 2.24) is 10.2 Å². The summed E-state index contributed by atoms with van der Waals surface area (Å²) in [6, 6.07) is 9.08. The number of hydrogen-bond donors (Lipinski definition) is 1. The minimum Gasteiger partial charge on any atom is -0.381 e. The van der Waals surface area contributed by atoms with Gasteiger partial charge in [-0.15, -0.1) is 0 Å². The van der Waals surface area contributed by atoms with E-state index in [-0.39, 0.29) is 5.41 Å². The molecule has 118 valence electrons. The third-order valence-electron chi connectivity index (χ3n) is 4.02. The van der Waals surface area contributed by atoms with Crippen molar-refractivity contribution >= 4 is 15.9 Å². The number of hydrogen-bond acceptors (Lipinski definition) is 3. The van der Waals surface area contributed by atoms with Gasteiger partial charge in [0.1, 0.15) is 0 Å². The number of halogens is 1. The standard InChI is InChI=1S/C17H27BrN2O/c1-14(2)19-11-17(7-8-21-13-17)12-20(3)10-15-5-4-6-16(18)9-15/h4-6,9,14,19H,7-8,10-13H2,1-3H3. The van der Waals surface area contributed by atoms with Crippen LogP contribution in [-0.4, -0.2) is 44.3 Å². The summed E-state index contributed by atoms with van der Waals surface area (Å²) in [5, 5.41) is 3.59. The smallest absolute Gasteiger partial charge is 0.0547 e. The predicted molar refractivity (Wildman–Crippen MR) is 91.5 cm³/mol. The molecule has 1 atom stereocenters. The average molecular weight is 355 g/mol. The summed E-state index contributed by atoms with van der Waals surface area (Å²) in [5.41, 5.74) is 1.60. The van der Waals surface area contributed by atoms with Crippen LogP contribution < -0.4 is 5.32 Å². The van der Waals surface area contributed by atoms with Gasteiger partial charge in [0.2, 0.25) is 0 Å². The highest BCUT2D eigenvalue weighted by atomic mass is 79.9. The second-order valence-electron chi connectivity index (χ2n) is 6.64. The highest BCUT2D eigenvalue weighted by molar-refractivity contribution is 9.10. The predicted octanol–water partition coefficient (Wildman–Crippen LogP) is 3.29. The van der Waals surface area contributed by atoms with Crippen LogP contribution in [0.3, 0.4) is 0 Å². The van der Waals surface area contributed by atoms with E-state index in [2.05, 4.69) is 71.3 Å². The Kier molecular flexibility index (Phi) is 6.23. The van der Waals surface area contributed by atoms with Crippen LogP contribution in [0.5, 0.6) is 0 Å². The number of nitrogens with one attached hydrogen (secondary N) is 1. The molecule has 1 heterocycles. The zero-order chi connectivity index (χ0) is 15.3. The maximum atomic E-state index is 5.69. The molecule has 1 fully saturated rings. The SMILES string of the molecule is CC(C)NCC1(CN(C)Cc2cccc(Br)c2)CCOC1. The molecule has 0 aliphatic carbocycles. The Labute approximate surface area is 137 Å². The molecule has 0 spiro atoms. The summed E-state index contributed by atoms with van der Waals surface area (Å²) in [4.78, 5) is 2.42. The van der Waals surface area contributed by atoms with E-state index < -0.39 is 0 Å². The van der Waals surface area contributed by atoms with Gasteiger partial charge < -0.3 is 15.0 Å². The Bertz CT molecular complexity index is 444. The summed E-state index contributed by atoms with van der Waals surface area (Å²) >= 11 is 3.54. The van der Waals surface area contributed by atoms with Crippen LogP contribution >= 0.6 is 15.9 Å². The summed E-state index contributed by atoms with van der Waals surface area (Å²) in [6.45, 7) is 9.25. The van der Waals surface area contributed by atoms with E-state index in [0.717, 1.165) is 43.7 Å². The first-order valence-corrected chi connectivity index (χ1v) is 8.53. The Hall–Kier alpha value is -0.420. The first-order valence-electron chi connectivity index (χ1n) is 7.73. The van der Waals surface area contributed by atoms with Gasteiger partial charge in [0, 0.05) is 42.2 Å². The van der Waals surface area contributed by atoms with Crippen molar-refractivity contribution in [3.8, 4) is 0 Å². The first kappa shape index (κ1) is 16.9. The Morgan fingerprint density at radius 2 is 2.24 bits per heavy atom. The molecule has 1 aliphatic rings. The minimum atomic E-state index is 0.255. The fourth-order valence-corrected chi connectivity index (χ4v) is 3.41. The molecule has 3 nitrogen and oxygen atoms in total. The van der Waals surface area contributed by atoms with Crippen LogP contribution in [0, 0.1) is 5.41 Å². The molecule has 0 saturated carbocycles. The van der Waals surface area contributed by atoms with Gasteiger partial charge in [-0.3, -0.25) is 0 Å². The Balaban J connectivity index is 1.93. The lowest BCUT2D eigenvalue weighted by molar-refractivity contribution is 0.115. The van der Waals surface area contributed by atoms with E-state index in [9.17, 15) is 0 Å². The molecule has 0 radical (unpaired) electrons. The van der Waals surface area contributed by atoms with E-state index in [4.69, 9.17) is 4.74 Å². The average Bonchev–Trinajstić information content (AvgIpc) is 2.85. The largest absolute Gasteiger partial charge is 0.381 e.